The number of para-hydroxylation sites is 2. The standard InChI is InChI=1S/C17H22N2O5/c1-12(2)9-18-15(20)10-24-17(22)7-8-19-13-5-3-4-6-14(13)23-11-16(19)21/h3-6,12H,7-11H2,1-2H3,(H,18,20). The number of carbonyl (C=O) groups is 3. The topological polar surface area (TPSA) is 84.9 Å². The molecule has 1 aromatic rings. The molecule has 0 unspecified atom stereocenters. The van der Waals surface area contributed by atoms with E-state index in [1.165, 1.54) is 4.90 Å². The van der Waals surface area contributed by atoms with Crippen molar-refractivity contribution in [3.8, 4) is 5.75 Å². The molecule has 2 amide bonds. The molecule has 0 fully saturated rings. The maximum atomic E-state index is 12.0. The zero-order chi connectivity index (χ0) is 17.5. The number of rotatable bonds is 7. The van der Waals surface area contributed by atoms with Crippen LogP contribution in [0.1, 0.15) is 20.3 Å². The fourth-order valence-corrected chi connectivity index (χ4v) is 2.19. The normalized spacial score (nSPS) is 13.3. The first-order chi connectivity index (χ1) is 11.5. The summed E-state index contributed by atoms with van der Waals surface area (Å²) in [5.41, 5.74) is 0.635. The van der Waals surface area contributed by atoms with E-state index in [-0.39, 0.29) is 38.0 Å². The summed E-state index contributed by atoms with van der Waals surface area (Å²) in [6, 6.07) is 7.14. The van der Waals surface area contributed by atoms with Gasteiger partial charge in [-0.3, -0.25) is 14.4 Å². The van der Waals surface area contributed by atoms with Crippen LogP contribution in [0.2, 0.25) is 0 Å². The Labute approximate surface area is 140 Å². The molecule has 0 aliphatic carbocycles. The Balaban J connectivity index is 1.79. The van der Waals surface area contributed by atoms with E-state index >= 15 is 0 Å². The molecule has 1 N–H and O–H groups in total. The molecule has 0 spiro atoms. The maximum absolute atomic E-state index is 12.0. The van der Waals surface area contributed by atoms with Crippen LogP contribution in [0.15, 0.2) is 24.3 Å². The van der Waals surface area contributed by atoms with Crippen LogP contribution in [-0.4, -0.2) is 44.1 Å². The summed E-state index contributed by atoms with van der Waals surface area (Å²) >= 11 is 0. The zero-order valence-electron chi connectivity index (χ0n) is 13.9. The first-order valence-electron chi connectivity index (χ1n) is 7.92. The van der Waals surface area contributed by atoms with Gasteiger partial charge in [0.1, 0.15) is 5.75 Å². The van der Waals surface area contributed by atoms with Crippen LogP contribution in [0.4, 0.5) is 5.69 Å². The van der Waals surface area contributed by atoms with Crippen molar-refractivity contribution in [2.45, 2.75) is 20.3 Å². The molecule has 7 heteroatoms. The van der Waals surface area contributed by atoms with Crippen LogP contribution in [0.3, 0.4) is 0 Å². The molecule has 0 radical (unpaired) electrons. The van der Waals surface area contributed by atoms with E-state index in [1.807, 2.05) is 19.9 Å². The molecule has 1 aliphatic rings. The van der Waals surface area contributed by atoms with Crippen molar-refractivity contribution in [3.05, 3.63) is 24.3 Å². The van der Waals surface area contributed by atoms with Crippen molar-refractivity contribution in [2.75, 3.05) is 31.2 Å². The predicted octanol–water partition coefficient (Wildman–Crippen LogP) is 1.12. The van der Waals surface area contributed by atoms with Gasteiger partial charge in [0.2, 0.25) is 0 Å². The number of fused-ring (bicyclic) bond motifs is 1. The summed E-state index contributed by atoms with van der Waals surface area (Å²) in [4.78, 5) is 36.7. The van der Waals surface area contributed by atoms with Gasteiger partial charge in [-0.1, -0.05) is 26.0 Å². The molecule has 1 aliphatic heterocycles. The molecule has 0 atom stereocenters. The highest BCUT2D eigenvalue weighted by Crippen LogP contribution is 2.31. The molecular formula is C17H22N2O5. The molecule has 24 heavy (non-hydrogen) atoms. The van der Waals surface area contributed by atoms with Gasteiger partial charge in [-0.05, 0) is 18.1 Å². The number of esters is 1. The van der Waals surface area contributed by atoms with E-state index < -0.39 is 5.97 Å². The van der Waals surface area contributed by atoms with Crippen molar-refractivity contribution >= 4 is 23.5 Å². The van der Waals surface area contributed by atoms with Gasteiger partial charge in [0.05, 0.1) is 12.1 Å². The lowest BCUT2D eigenvalue weighted by Gasteiger charge is -2.28. The number of hydrogen-bond donors (Lipinski definition) is 1. The number of anilines is 1. The number of nitrogens with one attached hydrogen (secondary N) is 1. The molecule has 1 aromatic carbocycles. The first kappa shape index (κ1) is 17.8. The lowest BCUT2D eigenvalue weighted by atomic mass is 10.2. The van der Waals surface area contributed by atoms with E-state index in [9.17, 15) is 14.4 Å². The second-order valence-electron chi connectivity index (χ2n) is 5.91. The van der Waals surface area contributed by atoms with Gasteiger partial charge in [0.25, 0.3) is 11.8 Å². The van der Waals surface area contributed by atoms with E-state index in [1.54, 1.807) is 18.2 Å². The molecule has 0 saturated heterocycles. The van der Waals surface area contributed by atoms with Crippen molar-refractivity contribution < 1.29 is 23.9 Å². The van der Waals surface area contributed by atoms with E-state index in [0.29, 0.717) is 23.9 Å². The second-order valence-corrected chi connectivity index (χ2v) is 5.91. The third-order valence-electron chi connectivity index (χ3n) is 3.42. The molecule has 7 nitrogen and oxygen atoms in total. The minimum atomic E-state index is -0.522. The number of hydrogen-bond acceptors (Lipinski definition) is 5. The minimum absolute atomic E-state index is 0.0114. The number of carbonyl (C=O) groups excluding carboxylic acids is 3. The van der Waals surface area contributed by atoms with Crippen LogP contribution in [0.25, 0.3) is 0 Å². The largest absolute Gasteiger partial charge is 0.482 e. The molecule has 1 heterocycles. The van der Waals surface area contributed by atoms with Crippen molar-refractivity contribution in [3.63, 3.8) is 0 Å². The SMILES string of the molecule is CC(C)CNC(=O)COC(=O)CCN1C(=O)COc2ccccc21. The summed E-state index contributed by atoms with van der Waals surface area (Å²) in [5.74, 6) is -0.122. The first-order valence-corrected chi connectivity index (χ1v) is 7.92. The Morgan fingerprint density at radius 1 is 1.33 bits per heavy atom. The lowest BCUT2D eigenvalue weighted by Crippen LogP contribution is -2.40. The van der Waals surface area contributed by atoms with Crippen LogP contribution in [-0.2, 0) is 19.1 Å². The lowest BCUT2D eigenvalue weighted by molar-refractivity contribution is -0.148. The molecule has 0 aromatic heterocycles. The van der Waals surface area contributed by atoms with Gasteiger partial charge in [-0.2, -0.15) is 0 Å². The third-order valence-corrected chi connectivity index (χ3v) is 3.42. The molecule has 2 rings (SSSR count). The highest BCUT2D eigenvalue weighted by molar-refractivity contribution is 5.98. The third kappa shape index (κ3) is 4.97. The summed E-state index contributed by atoms with van der Waals surface area (Å²) in [5, 5.41) is 2.67. The Bertz CT molecular complexity index is 615. The highest BCUT2D eigenvalue weighted by atomic mass is 16.5. The van der Waals surface area contributed by atoms with Crippen LogP contribution < -0.4 is 15.0 Å². The van der Waals surface area contributed by atoms with Crippen molar-refractivity contribution in [1.29, 1.82) is 0 Å². The van der Waals surface area contributed by atoms with Crippen LogP contribution >= 0.6 is 0 Å². The number of nitrogens with zero attached hydrogens (tertiary/aromatic N) is 1. The van der Waals surface area contributed by atoms with Gasteiger partial charge in [0.15, 0.2) is 13.2 Å². The summed E-state index contributed by atoms with van der Waals surface area (Å²) in [7, 11) is 0. The molecule has 0 saturated carbocycles. The van der Waals surface area contributed by atoms with Gasteiger partial charge in [-0.15, -0.1) is 0 Å². The zero-order valence-corrected chi connectivity index (χ0v) is 13.9. The molecular weight excluding hydrogens is 312 g/mol. The average Bonchev–Trinajstić information content (AvgIpc) is 2.57. The number of amides is 2. The maximum Gasteiger partial charge on any atom is 0.308 e. The predicted molar refractivity (Wildman–Crippen MR) is 87.7 cm³/mol. The van der Waals surface area contributed by atoms with Crippen LogP contribution in [0.5, 0.6) is 5.75 Å². The molecule has 0 bridgehead atoms. The van der Waals surface area contributed by atoms with E-state index in [4.69, 9.17) is 9.47 Å². The van der Waals surface area contributed by atoms with Gasteiger partial charge in [-0.25, -0.2) is 0 Å². The van der Waals surface area contributed by atoms with E-state index in [2.05, 4.69) is 5.32 Å². The minimum Gasteiger partial charge on any atom is -0.482 e. The quantitative estimate of drug-likeness (QED) is 0.755. The van der Waals surface area contributed by atoms with Gasteiger partial charge < -0.3 is 19.7 Å². The van der Waals surface area contributed by atoms with Crippen molar-refractivity contribution in [1.82, 2.24) is 5.32 Å². The monoisotopic (exact) mass is 334 g/mol. The summed E-state index contributed by atoms with van der Waals surface area (Å²) < 4.78 is 10.3. The van der Waals surface area contributed by atoms with E-state index in [0.717, 1.165) is 0 Å². The summed E-state index contributed by atoms with van der Waals surface area (Å²) in [6.07, 6.45) is 0.0114. The fraction of sp³-hybridized carbons (Fsp3) is 0.471. The van der Waals surface area contributed by atoms with Crippen molar-refractivity contribution in [2.24, 2.45) is 5.92 Å². The Kier molecular flexibility index (Phi) is 6.17. The van der Waals surface area contributed by atoms with Gasteiger partial charge >= 0.3 is 5.97 Å². The Morgan fingerprint density at radius 2 is 2.08 bits per heavy atom. The van der Waals surface area contributed by atoms with Gasteiger partial charge in [0, 0.05) is 13.1 Å². The summed E-state index contributed by atoms with van der Waals surface area (Å²) in [6.45, 7) is 4.32. The Morgan fingerprint density at radius 3 is 2.83 bits per heavy atom. The number of ether oxygens (including phenoxy) is 2. The average molecular weight is 334 g/mol. The second kappa shape index (κ2) is 8.33. The smallest absolute Gasteiger partial charge is 0.308 e. The number of benzene rings is 1. The fourth-order valence-electron chi connectivity index (χ4n) is 2.19. The highest BCUT2D eigenvalue weighted by Gasteiger charge is 2.25. The molecule has 130 valence electrons. The van der Waals surface area contributed by atoms with Crippen LogP contribution in [0, 0.1) is 5.92 Å². The Hall–Kier alpha value is -2.57.